The number of hydrogen-bond donors (Lipinski definition) is 0. The van der Waals surface area contributed by atoms with Gasteiger partial charge in [-0.3, -0.25) is 0 Å². The molecule has 4 heteroatoms. The van der Waals surface area contributed by atoms with Crippen LogP contribution in [0.3, 0.4) is 0 Å². The number of carbonyl (C=O) groups excluding carboxylic acids is 1. The van der Waals surface area contributed by atoms with Crippen LogP contribution in [0, 0.1) is 0 Å². The van der Waals surface area contributed by atoms with Crippen LogP contribution in [-0.2, 0) is 22.5 Å². The molecule has 0 spiro atoms. The van der Waals surface area contributed by atoms with Gasteiger partial charge in [-0.05, 0) is 37.0 Å². The van der Waals surface area contributed by atoms with Crippen LogP contribution in [0.2, 0.25) is 0 Å². The topological polar surface area (TPSA) is 35.5 Å². The van der Waals surface area contributed by atoms with Crippen molar-refractivity contribution in [2.24, 2.45) is 0 Å². The van der Waals surface area contributed by atoms with Gasteiger partial charge in [0, 0.05) is 12.0 Å². The number of nitrogens with zero attached hydrogens (tertiary/aromatic N) is 1. The van der Waals surface area contributed by atoms with E-state index in [1.807, 2.05) is 30.3 Å². The Kier molecular flexibility index (Phi) is 14.3. The van der Waals surface area contributed by atoms with Crippen LogP contribution < -0.4 is 4.74 Å². The number of benzene rings is 2. The van der Waals surface area contributed by atoms with Gasteiger partial charge in [0.05, 0.1) is 14.1 Å². The molecule has 1 unspecified atom stereocenters. The fourth-order valence-corrected chi connectivity index (χ4v) is 4.87. The zero-order chi connectivity index (χ0) is 26.1. The minimum atomic E-state index is -0.225. The van der Waals surface area contributed by atoms with Gasteiger partial charge >= 0.3 is 5.97 Å². The molecule has 0 aliphatic rings. The second-order valence-corrected chi connectivity index (χ2v) is 10.7. The lowest BCUT2D eigenvalue weighted by Gasteiger charge is -2.36. The van der Waals surface area contributed by atoms with Crippen LogP contribution in [0.5, 0.6) is 5.75 Å². The van der Waals surface area contributed by atoms with Gasteiger partial charge in [-0.2, -0.15) is 0 Å². The number of esters is 1. The van der Waals surface area contributed by atoms with Gasteiger partial charge in [0.25, 0.3) is 0 Å². The van der Waals surface area contributed by atoms with Crippen molar-refractivity contribution in [2.75, 3.05) is 20.9 Å². The van der Waals surface area contributed by atoms with Crippen molar-refractivity contribution in [1.29, 1.82) is 0 Å². The third-order valence-electron chi connectivity index (χ3n) is 7.01. The van der Waals surface area contributed by atoms with Crippen molar-refractivity contribution in [3.05, 3.63) is 65.7 Å². The molecule has 0 amide bonds. The van der Waals surface area contributed by atoms with E-state index in [0.29, 0.717) is 4.48 Å². The van der Waals surface area contributed by atoms with E-state index in [0.717, 1.165) is 31.6 Å². The summed E-state index contributed by atoms with van der Waals surface area (Å²) in [4.78, 5) is 13.0. The summed E-state index contributed by atoms with van der Waals surface area (Å²) in [7, 11) is 4.21. The Morgan fingerprint density at radius 1 is 0.778 bits per heavy atom. The Hall–Kier alpha value is -2.33. The molecule has 0 aliphatic carbocycles. The molecule has 0 fully saturated rings. The molecule has 0 aliphatic heterocycles. The van der Waals surface area contributed by atoms with E-state index in [2.05, 4.69) is 52.2 Å². The first kappa shape index (κ1) is 29.9. The van der Waals surface area contributed by atoms with E-state index in [4.69, 9.17) is 9.47 Å². The van der Waals surface area contributed by atoms with Crippen molar-refractivity contribution in [3.63, 3.8) is 0 Å². The molecule has 0 aromatic heterocycles. The van der Waals surface area contributed by atoms with Crippen LogP contribution in [0.25, 0.3) is 0 Å². The maximum absolute atomic E-state index is 13.0. The monoisotopic (exact) mass is 496 g/mol. The van der Waals surface area contributed by atoms with Gasteiger partial charge in [0.1, 0.15) is 12.3 Å². The first-order valence-corrected chi connectivity index (χ1v) is 14.2. The molecule has 0 saturated carbocycles. The number of carbonyl (C=O) groups is 1. The predicted octanol–water partition coefficient (Wildman–Crippen LogP) is 8.08. The summed E-state index contributed by atoms with van der Waals surface area (Å²) < 4.78 is 12.0. The van der Waals surface area contributed by atoms with E-state index >= 15 is 0 Å². The number of quaternary nitrogens is 1. The van der Waals surface area contributed by atoms with Gasteiger partial charge < -0.3 is 14.0 Å². The molecule has 2 aromatic rings. The average Bonchev–Trinajstić information content (AvgIpc) is 2.86. The van der Waals surface area contributed by atoms with E-state index in [-0.39, 0.29) is 18.8 Å². The largest absolute Gasteiger partial charge is 0.457 e. The summed E-state index contributed by atoms with van der Waals surface area (Å²) in [6, 6.07) is 18.3. The van der Waals surface area contributed by atoms with Crippen LogP contribution >= 0.6 is 0 Å². The molecule has 0 N–H and O–H groups in total. The molecule has 0 radical (unpaired) electrons. The third-order valence-corrected chi connectivity index (χ3v) is 7.01. The standard InChI is InChI=1S/C32H50NO3/c1-5-7-8-9-10-11-12-13-15-20-28-23-18-24-30(25-28)35-27-36-32(34)31(19-6-2)33(3,4)26-29-21-16-14-17-22-29/h14,16-18,21-25,31H,5-13,15,19-20,26-27H2,1-4H3/q+1. The molecular formula is C32H50NO3+. The van der Waals surface area contributed by atoms with Crippen LogP contribution in [0.15, 0.2) is 54.6 Å². The Labute approximate surface area is 220 Å². The molecule has 36 heavy (non-hydrogen) atoms. The maximum Gasteiger partial charge on any atom is 0.367 e. The van der Waals surface area contributed by atoms with E-state index in [9.17, 15) is 4.79 Å². The van der Waals surface area contributed by atoms with Crippen LogP contribution in [0.1, 0.15) is 95.6 Å². The number of hydrogen-bond acceptors (Lipinski definition) is 3. The molecule has 0 heterocycles. The number of aryl methyl sites for hydroxylation is 1. The van der Waals surface area contributed by atoms with Crippen molar-refractivity contribution in [2.45, 2.75) is 103 Å². The quantitative estimate of drug-likeness (QED) is 0.0853. The summed E-state index contributed by atoms with van der Waals surface area (Å²) in [5.74, 6) is 0.574. The van der Waals surface area contributed by atoms with Gasteiger partial charge in [0.2, 0.25) is 6.79 Å². The highest BCUT2D eigenvalue weighted by Crippen LogP contribution is 2.20. The second kappa shape index (κ2) is 17.2. The molecule has 1 atom stereocenters. The lowest BCUT2D eigenvalue weighted by Crippen LogP contribution is -2.53. The van der Waals surface area contributed by atoms with E-state index in [1.165, 1.54) is 68.9 Å². The zero-order valence-corrected chi connectivity index (χ0v) is 23.3. The van der Waals surface area contributed by atoms with Gasteiger partial charge in [-0.15, -0.1) is 0 Å². The molecular weight excluding hydrogens is 446 g/mol. The number of rotatable bonds is 19. The zero-order valence-electron chi connectivity index (χ0n) is 23.3. The first-order valence-electron chi connectivity index (χ1n) is 14.2. The van der Waals surface area contributed by atoms with Gasteiger partial charge in [-0.25, -0.2) is 4.79 Å². The Balaban J connectivity index is 1.74. The summed E-state index contributed by atoms with van der Waals surface area (Å²) in [5, 5.41) is 0. The highest BCUT2D eigenvalue weighted by Gasteiger charge is 2.35. The molecule has 2 rings (SSSR count). The smallest absolute Gasteiger partial charge is 0.367 e. The SMILES string of the molecule is CCCCCCCCCCCc1cccc(OCOC(=O)C(CCC)[N+](C)(C)Cc2ccccc2)c1. The Morgan fingerprint density at radius 2 is 1.42 bits per heavy atom. The van der Waals surface area contributed by atoms with Crippen molar-refractivity contribution in [1.82, 2.24) is 0 Å². The predicted molar refractivity (Wildman–Crippen MR) is 150 cm³/mol. The number of unbranched alkanes of at least 4 members (excludes halogenated alkanes) is 8. The fourth-order valence-electron chi connectivity index (χ4n) is 4.87. The van der Waals surface area contributed by atoms with E-state index < -0.39 is 0 Å². The summed E-state index contributed by atoms with van der Waals surface area (Å²) in [6.45, 7) is 5.11. The summed E-state index contributed by atoms with van der Waals surface area (Å²) in [6.07, 6.45) is 14.8. The first-order chi connectivity index (χ1) is 17.5. The summed E-state index contributed by atoms with van der Waals surface area (Å²) in [5.41, 5.74) is 2.50. The summed E-state index contributed by atoms with van der Waals surface area (Å²) >= 11 is 0. The molecule has 0 bridgehead atoms. The molecule has 4 nitrogen and oxygen atoms in total. The number of ether oxygens (including phenoxy) is 2. The average molecular weight is 497 g/mol. The Morgan fingerprint density at radius 3 is 2.08 bits per heavy atom. The van der Waals surface area contributed by atoms with Crippen LogP contribution in [0.4, 0.5) is 0 Å². The normalized spacial score (nSPS) is 12.3. The van der Waals surface area contributed by atoms with Gasteiger partial charge in [-0.1, -0.05) is 108 Å². The van der Waals surface area contributed by atoms with E-state index in [1.54, 1.807) is 0 Å². The molecule has 2 aromatic carbocycles. The van der Waals surface area contributed by atoms with Crippen molar-refractivity contribution < 1.29 is 18.8 Å². The lowest BCUT2D eigenvalue weighted by atomic mass is 10.0. The molecule has 0 saturated heterocycles. The van der Waals surface area contributed by atoms with Crippen molar-refractivity contribution in [3.8, 4) is 5.75 Å². The minimum Gasteiger partial charge on any atom is -0.457 e. The lowest BCUT2D eigenvalue weighted by molar-refractivity contribution is -0.920. The minimum absolute atomic E-state index is 0.0497. The third kappa shape index (κ3) is 11.6. The van der Waals surface area contributed by atoms with Crippen LogP contribution in [-0.4, -0.2) is 37.4 Å². The number of likely N-dealkylation sites (N-methyl/N-ethyl adjacent to an activating group) is 1. The molecule has 200 valence electrons. The highest BCUT2D eigenvalue weighted by atomic mass is 16.7. The highest BCUT2D eigenvalue weighted by molar-refractivity contribution is 5.74. The Bertz CT molecular complexity index is 849. The maximum atomic E-state index is 13.0. The fraction of sp³-hybridized carbons (Fsp3) is 0.594. The second-order valence-electron chi connectivity index (χ2n) is 10.7. The van der Waals surface area contributed by atoms with Crippen molar-refractivity contribution >= 4 is 5.97 Å². The van der Waals surface area contributed by atoms with Gasteiger partial charge in [0.15, 0.2) is 6.04 Å².